The van der Waals surface area contributed by atoms with E-state index in [0.717, 1.165) is 41.0 Å². The second kappa shape index (κ2) is 6.15. The van der Waals surface area contributed by atoms with Crippen molar-refractivity contribution in [3.8, 4) is 0 Å². The molecule has 0 saturated carbocycles. The van der Waals surface area contributed by atoms with Crippen molar-refractivity contribution in [2.75, 3.05) is 18.8 Å². The molecule has 3 heterocycles. The minimum atomic E-state index is 0.0795. The average Bonchev–Trinajstić information content (AvgIpc) is 3.19. The van der Waals surface area contributed by atoms with Gasteiger partial charge in [-0.2, -0.15) is 0 Å². The summed E-state index contributed by atoms with van der Waals surface area (Å²) in [5.74, 6) is 1.43. The van der Waals surface area contributed by atoms with Gasteiger partial charge in [-0.25, -0.2) is 9.97 Å². The highest BCUT2D eigenvalue weighted by Gasteiger charge is 2.28. The number of hydrogen-bond acceptors (Lipinski definition) is 5. The Kier molecular flexibility index (Phi) is 3.95. The standard InChI is InChI=1S/C18H21N5OS/c1-11-8-13(9-14-15(11)21-18(19)25-14)17(24)23-6-3-4-12(10-23)16-20-5-7-22(16)2/h5,7-9,12H,3-4,6,10H2,1-2H3,(H2,19,21)/t12-/m0/s1. The van der Waals surface area contributed by atoms with Gasteiger partial charge < -0.3 is 15.2 Å². The monoisotopic (exact) mass is 355 g/mol. The number of anilines is 1. The first-order valence-corrected chi connectivity index (χ1v) is 9.27. The Morgan fingerprint density at radius 1 is 1.40 bits per heavy atom. The van der Waals surface area contributed by atoms with Crippen LogP contribution in [-0.4, -0.2) is 38.4 Å². The SMILES string of the molecule is Cc1cc(C(=O)N2CCC[C@H](c3nccn3C)C2)cc2sc(N)nc12. The number of likely N-dealkylation sites (tertiary alicyclic amines) is 1. The van der Waals surface area contributed by atoms with E-state index in [4.69, 9.17) is 5.73 Å². The van der Waals surface area contributed by atoms with Crippen LogP contribution in [0.3, 0.4) is 0 Å². The van der Waals surface area contributed by atoms with Crippen LogP contribution in [0.25, 0.3) is 10.2 Å². The second-order valence-electron chi connectivity index (χ2n) is 6.68. The van der Waals surface area contributed by atoms with E-state index in [1.807, 2.05) is 43.4 Å². The molecule has 25 heavy (non-hydrogen) atoms. The first kappa shape index (κ1) is 16.1. The van der Waals surface area contributed by atoms with Crippen LogP contribution in [0.2, 0.25) is 0 Å². The number of nitrogens with two attached hydrogens (primary N) is 1. The number of hydrogen-bond donors (Lipinski definition) is 1. The number of carbonyl (C=O) groups is 1. The predicted molar refractivity (Wildman–Crippen MR) is 99.9 cm³/mol. The maximum absolute atomic E-state index is 13.1. The van der Waals surface area contributed by atoms with Crippen molar-refractivity contribution in [1.82, 2.24) is 19.4 Å². The van der Waals surface area contributed by atoms with Crippen LogP contribution in [0.5, 0.6) is 0 Å². The molecular formula is C18H21N5OS. The van der Waals surface area contributed by atoms with E-state index in [2.05, 4.69) is 14.5 Å². The van der Waals surface area contributed by atoms with Crippen molar-refractivity contribution < 1.29 is 4.79 Å². The molecule has 1 aliphatic heterocycles. The Bertz CT molecular complexity index is 944. The fraction of sp³-hybridized carbons (Fsp3) is 0.389. The highest BCUT2D eigenvalue weighted by Crippen LogP contribution is 2.30. The Morgan fingerprint density at radius 3 is 3.00 bits per heavy atom. The summed E-state index contributed by atoms with van der Waals surface area (Å²) >= 11 is 1.43. The molecule has 1 saturated heterocycles. The van der Waals surface area contributed by atoms with Gasteiger partial charge in [-0.15, -0.1) is 0 Å². The zero-order chi connectivity index (χ0) is 17.6. The molecule has 7 heteroatoms. The van der Waals surface area contributed by atoms with Crippen molar-refractivity contribution in [2.45, 2.75) is 25.7 Å². The fourth-order valence-electron chi connectivity index (χ4n) is 3.66. The maximum atomic E-state index is 13.1. The molecule has 2 aromatic heterocycles. The highest BCUT2D eigenvalue weighted by molar-refractivity contribution is 7.22. The van der Waals surface area contributed by atoms with Crippen LogP contribution in [0, 0.1) is 6.92 Å². The number of benzene rings is 1. The van der Waals surface area contributed by atoms with Gasteiger partial charge in [-0.1, -0.05) is 11.3 Å². The molecule has 0 bridgehead atoms. The third kappa shape index (κ3) is 2.89. The lowest BCUT2D eigenvalue weighted by atomic mass is 9.96. The first-order valence-electron chi connectivity index (χ1n) is 8.46. The quantitative estimate of drug-likeness (QED) is 0.767. The number of nitrogens with zero attached hydrogens (tertiary/aromatic N) is 4. The number of piperidine rings is 1. The Hall–Kier alpha value is -2.41. The summed E-state index contributed by atoms with van der Waals surface area (Å²) in [6.45, 7) is 3.48. The van der Waals surface area contributed by atoms with Crippen molar-refractivity contribution in [1.29, 1.82) is 0 Å². The van der Waals surface area contributed by atoms with Gasteiger partial charge in [0.2, 0.25) is 0 Å². The van der Waals surface area contributed by atoms with Gasteiger partial charge in [0.05, 0.1) is 10.2 Å². The van der Waals surface area contributed by atoms with Crippen LogP contribution < -0.4 is 5.73 Å². The molecule has 3 aromatic rings. The van der Waals surface area contributed by atoms with Crippen molar-refractivity contribution in [2.24, 2.45) is 7.05 Å². The molecule has 1 aliphatic rings. The van der Waals surface area contributed by atoms with E-state index in [0.29, 0.717) is 23.2 Å². The number of aryl methyl sites for hydroxylation is 2. The van der Waals surface area contributed by atoms with E-state index in [-0.39, 0.29) is 5.91 Å². The number of carbonyl (C=O) groups excluding carboxylic acids is 1. The molecule has 1 fully saturated rings. The predicted octanol–water partition coefficient (Wildman–Crippen LogP) is 2.94. The summed E-state index contributed by atoms with van der Waals surface area (Å²) in [5.41, 5.74) is 8.42. The number of fused-ring (bicyclic) bond motifs is 1. The van der Waals surface area contributed by atoms with E-state index in [9.17, 15) is 4.79 Å². The van der Waals surface area contributed by atoms with Crippen LogP contribution >= 0.6 is 11.3 Å². The highest BCUT2D eigenvalue weighted by atomic mass is 32.1. The van der Waals surface area contributed by atoms with Crippen LogP contribution in [0.4, 0.5) is 5.13 Å². The third-order valence-electron chi connectivity index (χ3n) is 4.88. The summed E-state index contributed by atoms with van der Waals surface area (Å²) in [6.07, 6.45) is 5.85. The summed E-state index contributed by atoms with van der Waals surface area (Å²) in [6, 6.07) is 3.84. The van der Waals surface area contributed by atoms with Gasteiger partial charge in [-0.3, -0.25) is 4.79 Å². The minimum Gasteiger partial charge on any atom is -0.375 e. The smallest absolute Gasteiger partial charge is 0.253 e. The van der Waals surface area contributed by atoms with Gasteiger partial charge in [-0.05, 0) is 37.5 Å². The Morgan fingerprint density at radius 2 is 2.24 bits per heavy atom. The van der Waals surface area contributed by atoms with Gasteiger partial charge in [0.1, 0.15) is 5.82 Å². The lowest BCUT2D eigenvalue weighted by molar-refractivity contribution is 0.0703. The molecule has 0 spiro atoms. The zero-order valence-electron chi connectivity index (χ0n) is 14.4. The number of nitrogen functional groups attached to an aromatic ring is 1. The molecule has 1 amide bonds. The van der Waals surface area contributed by atoms with E-state index in [1.165, 1.54) is 11.3 Å². The molecule has 0 unspecified atom stereocenters. The Labute approximate surface area is 150 Å². The third-order valence-corrected chi connectivity index (χ3v) is 5.71. The zero-order valence-corrected chi connectivity index (χ0v) is 15.2. The van der Waals surface area contributed by atoms with Crippen LogP contribution in [0.15, 0.2) is 24.5 Å². The second-order valence-corrected chi connectivity index (χ2v) is 7.74. The molecular weight excluding hydrogens is 334 g/mol. The summed E-state index contributed by atoms with van der Waals surface area (Å²) < 4.78 is 3.02. The molecule has 2 N–H and O–H groups in total. The van der Waals surface area contributed by atoms with E-state index < -0.39 is 0 Å². The first-order chi connectivity index (χ1) is 12.0. The summed E-state index contributed by atoms with van der Waals surface area (Å²) in [4.78, 5) is 23.8. The normalized spacial score (nSPS) is 18.0. The molecule has 0 radical (unpaired) electrons. The molecule has 130 valence electrons. The van der Waals surface area contributed by atoms with Crippen LogP contribution in [-0.2, 0) is 7.05 Å². The average molecular weight is 355 g/mol. The van der Waals surface area contributed by atoms with Crippen molar-refractivity contribution >= 4 is 32.6 Å². The van der Waals surface area contributed by atoms with Gasteiger partial charge >= 0.3 is 0 Å². The van der Waals surface area contributed by atoms with E-state index in [1.54, 1.807) is 0 Å². The maximum Gasteiger partial charge on any atom is 0.253 e. The number of amides is 1. The summed E-state index contributed by atoms with van der Waals surface area (Å²) in [5, 5.41) is 0.538. The molecule has 6 nitrogen and oxygen atoms in total. The van der Waals surface area contributed by atoms with Crippen LogP contribution in [0.1, 0.15) is 40.5 Å². The molecule has 4 rings (SSSR count). The Balaban J connectivity index is 1.61. The molecule has 1 atom stereocenters. The largest absolute Gasteiger partial charge is 0.375 e. The van der Waals surface area contributed by atoms with Gasteiger partial charge in [0, 0.05) is 44.0 Å². The van der Waals surface area contributed by atoms with Gasteiger partial charge in [0.15, 0.2) is 5.13 Å². The van der Waals surface area contributed by atoms with Gasteiger partial charge in [0.25, 0.3) is 5.91 Å². The van der Waals surface area contributed by atoms with E-state index >= 15 is 0 Å². The topological polar surface area (TPSA) is 77.0 Å². The lowest BCUT2D eigenvalue weighted by Gasteiger charge is -2.32. The molecule has 1 aromatic carbocycles. The molecule has 0 aliphatic carbocycles. The fourth-order valence-corrected chi connectivity index (χ4v) is 4.51. The number of rotatable bonds is 2. The van der Waals surface area contributed by atoms with Crippen molar-refractivity contribution in [3.05, 3.63) is 41.5 Å². The number of thiazole rings is 1. The number of aromatic nitrogens is 3. The van der Waals surface area contributed by atoms with Crippen molar-refractivity contribution in [3.63, 3.8) is 0 Å². The lowest BCUT2D eigenvalue weighted by Crippen LogP contribution is -2.39. The minimum absolute atomic E-state index is 0.0795. The number of imidazole rings is 1. The summed E-state index contributed by atoms with van der Waals surface area (Å²) in [7, 11) is 2.01.